The number of methoxy groups -OCH3 is 1. The molecule has 0 atom stereocenters. The van der Waals surface area contributed by atoms with Gasteiger partial charge < -0.3 is 4.74 Å². The van der Waals surface area contributed by atoms with Crippen LogP contribution in [0.2, 0.25) is 0 Å². The van der Waals surface area contributed by atoms with E-state index >= 15 is 0 Å². The van der Waals surface area contributed by atoms with Crippen LogP contribution in [-0.2, 0) is 6.42 Å². The third-order valence-electron chi connectivity index (χ3n) is 2.28. The minimum absolute atomic E-state index is 0.378. The summed E-state index contributed by atoms with van der Waals surface area (Å²) in [6.45, 7) is 4.05. The lowest BCUT2D eigenvalue weighted by Crippen LogP contribution is -1.96. The molecule has 0 N–H and O–H groups in total. The van der Waals surface area contributed by atoms with Crippen LogP contribution in [0, 0.1) is 25.2 Å². The van der Waals surface area contributed by atoms with Crippen LogP contribution in [0.15, 0.2) is 10.5 Å². The Bertz CT molecular complexity index is 393. The van der Waals surface area contributed by atoms with Gasteiger partial charge in [0.2, 0.25) is 0 Å². The van der Waals surface area contributed by atoms with Crippen LogP contribution in [0.5, 0.6) is 5.75 Å². The molecule has 0 saturated carbocycles. The fourth-order valence-electron chi connectivity index (χ4n) is 1.36. The normalized spacial score (nSPS) is 9.64. The summed E-state index contributed by atoms with van der Waals surface area (Å²) in [7, 11) is 1.62. The maximum atomic E-state index is 8.67. The Labute approximate surface area is 92.6 Å². The van der Waals surface area contributed by atoms with Gasteiger partial charge in [0.05, 0.1) is 24.1 Å². The van der Waals surface area contributed by atoms with E-state index in [0.29, 0.717) is 6.42 Å². The van der Waals surface area contributed by atoms with Gasteiger partial charge in [-0.3, -0.25) is 0 Å². The Morgan fingerprint density at radius 1 is 1.50 bits per heavy atom. The second-order valence-electron chi connectivity index (χ2n) is 3.16. The monoisotopic (exact) mass is 253 g/mol. The van der Waals surface area contributed by atoms with Crippen LogP contribution in [0.25, 0.3) is 0 Å². The number of hydrogen-bond acceptors (Lipinski definition) is 2. The maximum absolute atomic E-state index is 8.67. The van der Waals surface area contributed by atoms with E-state index in [-0.39, 0.29) is 0 Å². The average Bonchev–Trinajstić information content (AvgIpc) is 2.16. The Hall–Kier alpha value is -1.01. The number of nitriles is 1. The van der Waals surface area contributed by atoms with Crippen LogP contribution in [0.4, 0.5) is 0 Å². The van der Waals surface area contributed by atoms with Crippen LogP contribution in [0.3, 0.4) is 0 Å². The van der Waals surface area contributed by atoms with E-state index in [0.717, 1.165) is 21.3 Å². The van der Waals surface area contributed by atoms with Gasteiger partial charge in [-0.1, -0.05) is 6.07 Å². The molecule has 3 heteroatoms. The number of rotatable bonds is 2. The molecule has 74 valence electrons. The molecule has 14 heavy (non-hydrogen) atoms. The molecule has 0 aliphatic carbocycles. The van der Waals surface area contributed by atoms with Gasteiger partial charge in [0, 0.05) is 5.56 Å². The number of aryl methyl sites for hydroxylation is 1. The topological polar surface area (TPSA) is 33.0 Å². The average molecular weight is 254 g/mol. The molecule has 0 aromatic heterocycles. The molecule has 0 unspecified atom stereocenters. The Balaban J connectivity index is 3.37. The highest BCUT2D eigenvalue weighted by Gasteiger charge is 2.11. The maximum Gasteiger partial charge on any atom is 0.137 e. The lowest BCUT2D eigenvalue weighted by Gasteiger charge is -2.12. The zero-order chi connectivity index (χ0) is 10.7. The van der Waals surface area contributed by atoms with Crippen molar-refractivity contribution in [2.75, 3.05) is 7.11 Å². The molecule has 1 rings (SSSR count). The molecule has 0 aliphatic rings. The van der Waals surface area contributed by atoms with E-state index in [1.54, 1.807) is 7.11 Å². The van der Waals surface area contributed by atoms with Crippen LogP contribution in [0.1, 0.15) is 16.7 Å². The van der Waals surface area contributed by atoms with Gasteiger partial charge in [-0.25, -0.2) is 0 Å². The van der Waals surface area contributed by atoms with Crippen molar-refractivity contribution < 1.29 is 4.74 Å². The van der Waals surface area contributed by atoms with Crippen molar-refractivity contribution in [2.24, 2.45) is 0 Å². The molecule has 1 aromatic rings. The van der Waals surface area contributed by atoms with Gasteiger partial charge in [-0.05, 0) is 40.9 Å². The molecule has 1 aromatic carbocycles. The lowest BCUT2D eigenvalue weighted by atomic mass is 10.0. The zero-order valence-corrected chi connectivity index (χ0v) is 10.1. The molecule has 0 bridgehead atoms. The molecule has 0 spiro atoms. The van der Waals surface area contributed by atoms with Crippen molar-refractivity contribution in [3.8, 4) is 11.8 Å². The zero-order valence-electron chi connectivity index (χ0n) is 8.52. The SMILES string of the molecule is COc1c(CC#N)cc(C)c(C)c1Br. The van der Waals surface area contributed by atoms with Crippen LogP contribution >= 0.6 is 15.9 Å². The predicted molar refractivity (Wildman–Crippen MR) is 59.5 cm³/mol. The summed E-state index contributed by atoms with van der Waals surface area (Å²) in [6.07, 6.45) is 0.378. The standard InChI is InChI=1S/C11H12BrNO/c1-7-6-9(4-5-13)11(14-3)10(12)8(7)2/h6H,4H2,1-3H3. The predicted octanol–water partition coefficient (Wildman–Crippen LogP) is 3.14. The van der Waals surface area contributed by atoms with E-state index in [1.807, 2.05) is 19.9 Å². The first kappa shape index (κ1) is 11.1. The molecular weight excluding hydrogens is 242 g/mol. The summed E-state index contributed by atoms with van der Waals surface area (Å²) < 4.78 is 6.22. The van der Waals surface area contributed by atoms with Crippen molar-refractivity contribution in [3.05, 3.63) is 27.2 Å². The molecular formula is C11H12BrNO. The first-order chi connectivity index (χ1) is 6.61. The number of ether oxygens (including phenoxy) is 1. The number of nitrogens with zero attached hydrogens (tertiary/aromatic N) is 1. The first-order valence-electron chi connectivity index (χ1n) is 4.31. The van der Waals surface area contributed by atoms with E-state index < -0.39 is 0 Å². The van der Waals surface area contributed by atoms with Crippen molar-refractivity contribution in [2.45, 2.75) is 20.3 Å². The van der Waals surface area contributed by atoms with E-state index in [4.69, 9.17) is 10.00 Å². The summed E-state index contributed by atoms with van der Waals surface area (Å²) >= 11 is 3.48. The molecule has 0 amide bonds. The van der Waals surface area contributed by atoms with Gasteiger partial charge in [0.15, 0.2) is 0 Å². The second-order valence-corrected chi connectivity index (χ2v) is 3.95. The van der Waals surface area contributed by atoms with Gasteiger partial charge in [-0.2, -0.15) is 5.26 Å². The number of halogens is 1. The Kier molecular flexibility index (Phi) is 3.54. The third-order valence-corrected chi connectivity index (χ3v) is 3.23. The quantitative estimate of drug-likeness (QED) is 0.812. The highest BCUT2D eigenvalue weighted by molar-refractivity contribution is 9.10. The van der Waals surface area contributed by atoms with Gasteiger partial charge in [-0.15, -0.1) is 0 Å². The largest absolute Gasteiger partial charge is 0.495 e. The van der Waals surface area contributed by atoms with Crippen molar-refractivity contribution in [1.29, 1.82) is 5.26 Å². The van der Waals surface area contributed by atoms with E-state index in [1.165, 1.54) is 5.56 Å². The summed E-state index contributed by atoms with van der Waals surface area (Å²) in [6, 6.07) is 4.13. The van der Waals surface area contributed by atoms with E-state index in [9.17, 15) is 0 Å². The van der Waals surface area contributed by atoms with E-state index in [2.05, 4.69) is 22.0 Å². The van der Waals surface area contributed by atoms with Crippen molar-refractivity contribution >= 4 is 15.9 Å². The number of hydrogen-bond donors (Lipinski definition) is 0. The lowest BCUT2D eigenvalue weighted by molar-refractivity contribution is 0.407. The van der Waals surface area contributed by atoms with Crippen molar-refractivity contribution in [3.63, 3.8) is 0 Å². The smallest absolute Gasteiger partial charge is 0.137 e. The minimum atomic E-state index is 0.378. The number of benzene rings is 1. The highest BCUT2D eigenvalue weighted by atomic mass is 79.9. The van der Waals surface area contributed by atoms with Crippen LogP contribution < -0.4 is 4.74 Å². The summed E-state index contributed by atoms with van der Waals surface area (Å²) in [5.74, 6) is 0.773. The molecule has 2 nitrogen and oxygen atoms in total. The minimum Gasteiger partial charge on any atom is -0.495 e. The second kappa shape index (κ2) is 4.47. The first-order valence-corrected chi connectivity index (χ1v) is 5.10. The summed E-state index contributed by atoms with van der Waals surface area (Å²) in [4.78, 5) is 0. The fraction of sp³-hybridized carbons (Fsp3) is 0.364. The molecule has 0 radical (unpaired) electrons. The molecule has 0 aliphatic heterocycles. The Morgan fingerprint density at radius 2 is 2.14 bits per heavy atom. The van der Waals surface area contributed by atoms with Gasteiger partial charge >= 0.3 is 0 Å². The molecule has 0 heterocycles. The molecule has 0 fully saturated rings. The third kappa shape index (κ3) is 1.91. The fourth-order valence-corrected chi connectivity index (χ4v) is 2.09. The van der Waals surface area contributed by atoms with Gasteiger partial charge in [0.1, 0.15) is 5.75 Å². The van der Waals surface area contributed by atoms with Gasteiger partial charge in [0.25, 0.3) is 0 Å². The highest BCUT2D eigenvalue weighted by Crippen LogP contribution is 2.34. The summed E-state index contributed by atoms with van der Waals surface area (Å²) in [5.41, 5.74) is 3.26. The summed E-state index contributed by atoms with van der Waals surface area (Å²) in [5, 5.41) is 8.67. The van der Waals surface area contributed by atoms with Crippen LogP contribution in [-0.4, -0.2) is 7.11 Å². The van der Waals surface area contributed by atoms with Crippen molar-refractivity contribution in [1.82, 2.24) is 0 Å². The Morgan fingerprint density at radius 3 is 2.64 bits per heavy atom. The molecule has 0 saturated heterocycles.